The van der Waals surface area contributed by atoms with Crippen LogP contribution in [0.15, 0.2) is 35.0 Å². The largest absolute Gasteiger partial charge is 0.374 e. The maximum Gasteiger partial charge on any atom is 0.280 e. The summed E-state index contributed by atoms with van der Waals surface area (Å²) in [7, 11) is 5.55. The van der Waals surface area contributed by atoms with E-state index in [0.29, 0.717) is 35.0 Å². The van der Waals surface area contributed by atoms with Gasteiger partial charge in [0.25, 0.3) is 11.8 Å². The summed E-state index contributed by atoms with van der Waals surface area (Å²) in [5, 5.41) is 10.6. The average molecular weight is 545 g/mol. The van der Waals surface area contributed by atoms with Gasteiger partial charge in [0, 0.05) is 61.4 Å². The number of likely N-dealkylation sites (N-methyl/N-ethyl adjacent to an activating group) is 1. The van der Waals surface area contributed by atoms with Crippen LogP contribution >= 0.6 is 22.9 Å². The third kappa shape index (κ3) is 5.61. The van der Waals surface area contributed by atoms with Crippen LogP contribution in [0.3, 0.4) is 0 Å². The zero-order valence-electron chi connectivity index (χ0n) is 21.3. The lowest BCUT2D eigenvalue weighted by molar-refractivity contribution is -0.134. The van der Waals surface area contributed by atoms with Gasteiger partial charge in [-0.2, -0.15) is 0 Å². The van der Waals surface area contributed by atoms with Gasteiger partial charge in [0.2, 0.25) is 5.91 Å². The van der Waals surface area contributed by atoms with Crippen molar-refractivity contribution in [2.45, 2.75) is 50.4 Å². The minimum Gasteiger partial charge on any atom is -0.374 e. The Morgan fingerprint density at radius 3 is 2.73 bits per heavy atom. The minimum atomic E-state index is -0.388. The highest BCUT2D eigenvalue weighted by molar-refractivity contribution is 7.13. The average Bonchev–Trinajstić information content (AvgIpc) is 3.48. The van der Waals surface area contributed by atoms with Gasteiger partial charge in [-0.05, 0) is 38.5 Å². The van der Waals surface area contributed by atoms with Gasteiger partial charge in [-0.25, -0.2) is 4.98 Å². The van der Waals surface area contributed by atoms with Gasteiger partial charge in [-0.15, -0.1) is 11.3 Å². The number of hydrogen-bond donors (Lipinski definition) is 3. The maximum absolute atomic E-state index is 13.3. The standard InChI is InChI=1S/C26H33ClN6O3S/c1-32(2)26(36)14-4-6-18(29-23(34)21-12-15-10-16(27)5-7-17(15)28-21)20(11-14)30-24(35)25-31-19-8-9-33(3)13-22(19)37-25/h5,7,10,12,14-15,17-18,20,28H,4,6,8-9,11,13H2,1-3H3,(H,29,34)(H,30,35)/t14-,15?,17?,18-,20+/m0/s1. The smallest absolute Gasteiger partial charge is 0.280 e. The third-order valence-corrected chi connectivity index (χ3v) is 8.88. The molecule has 9 nitrogen and oxygen atoms in total. The van der Waals surface area contributed by atoms with Crippen molar-refractivity contribution in [2.24, 2.45) is 11.8 Å². The van der Waals surface area contributed by atoms with Crippen LogP contribution in [0.25, 0.3) is 0 Å². The molecule has 11 heteroatoms. The molecule has 1 aromatic heterocycles. The van der Waals surface area contributed by atoms with Crippen LogP contribution in [-0.2, 0) is 22.6 Å². The first-order valence-electron chi connectivity index (χ1n) is 12.7. The second kappa shape index (κ2) is 10.6. The molecule has 0 bridgehead atoms. The van der Waals surface area contributed by atoms with Crippen LogP contribution in [0, 0.1) is 11.8 Å². The molecule has 4 aliphatic rings. The van der Waals surface area contributed by atoms with E-state index in [2.05, 4.69) is 32.9 Å². The fourth-order valence-electron chi connectivity index (χ4n) is 5.51. The Balaban J connectivity index is 1.30. The van der Waals surface area contributed by atoms with E-state index in [4.69, 9.17) is 11.6 Å². The van der Waals surface area contributed by atoms with Crippen LogP contribution < -0.4 is 16.0 Å². The summed E-state index contributed by atoms with van der Waals surface area (Å²) >= 11 is 7.55. The highest BCUT2D eigenvalue weighted by Crippen LogP contribution is 2.30. The number of amides is 3. The molecule has 3 N–H and O–H groups in total. The van der Waals surface area contributed by atoms with Crippen LogP contribution in [0.4, 0.5) is 0 Å². The highest BCUT2D eigenvalue weighted by atomic mass is 35.5. The molecule has 5 atom stereocenters. The number of aromatic nitrogens is 1. The zero-order chi connectivity index (χ0) is 26.3. The SMILES string of the molecule is CN1CCc2nc(C(=O)N[C@@H]3C[C@@H](C(=O)N(C)C)CC[C@@H]3NC(=O)C3=CC4C=C(Cl)C=CC4N3)sc2C1. The van der Waals surface area contributed by atoms with E-state index >= 15 is 0 Å². The topological polar surface area (TPSA) is 107 Å². The highest BCUT2D eigenvalue weighted by Gasteiger charge is 2.38. The normalized spacial score (nSPS) is 28.8. The molecule has 0 aromatic carbocycles. The maximum atomic E-state index is 13.3. The molecule has 0 radical (unpaired) electrons. The van der Waals surface area contributed by atoms with E-state index in [9.17, 15) is 14.4 Å². The van der Waals surface area contributed by atoms with Crippen molar-refractivity contribution in [1.82, 2.24) is 30.7 Å². The summed E-state index contributed by atoms with van der Waals surface area (Å²) in [5.74, 6) is -0.621. The molecular weight excluding hydrogens is 512 g/mol. The fraction of sp³-hybridized carbons (Fsp3) is 0.538. The lowest BCUT2D eigenvalue weighted by atomic mass is 9.81. The Hall–Kier alpha value is -2.69. The lowest BCUT2D eigenvalue weighted by Gasteiger charge is -2.37. The molecule has 0 spiro atoms. The zero-order valence-corrected chi connectivity index (χ0v) is 22.9. The molecule has 1 fully saturated rings. The first-order chi connectivity index (χ1) is 17.7. The van der Waals surface area contributed by atoms with Gasteiger partial charge < -0.3 is 25.8 Å². The predicted octanol–water partition coefficient (Wildman–Crippen LogP) is 1.77. The summed E-state index contributed by atoms with van der Waals surface area (Å²) in [6, 6.07) is -0.688. The van der Waals surface area contributed by atoms with E-state index in [1.807, 2.05) is 24.3 Å². The number of carbonyl (C=O) groups excluding carboxylic acids is 3. The van der Waals surface area contributed by atoms with Crippen molar-refractivity contribution >= 4 is 40.7 Å². The summed E-state index contributed by atoms with van der Waals surface area (Å²) in [6.45, 7) is 1.72. The van der Waals surface area contributed by atoms with Gasteiger partial charge in [0.1, 0.15) is 0 Å². The number of rotatable bonds is 5. The second-order valence-electron chi connectivity index (χ2n) is 10.5. The van der Waals surface area contributed by atoms with Crippen molar-refractivity contribution in [3.8, 4) is 0 Å². The monoisotopic (exact) mass is 544 g/mol. The number of halogens is 1. The molecule has 2 aliphatic carbocycles. The fourth-order valence-corrected chi connectivity index (χ4v) is 6.82. The van der Waals surface area contributed by atoms with Crippen LogP contribution in [0.2, 0.25) is 0 Å². The van der Waals surface area contributed by atoms with Crippen LogP contribution in [0.5, 0.6) is 0 Å². The van der Waals surface area contributed by atoms with Gasteiger partial charge in [-0.1, -0.05) is 23.8 Å². The Bertz CT molecular complexity index is 1190. The number of nitrogens with zero attached hydrogens (tertiary/aromatic N) is 3. The van der Waals surface area contributed by atoms with Gasteiger partial charge in [0.15, 0.2) is 5.01 Å². The first-order valence-corrected chi connectivity index (χ1v) is 13.9. The third-order valence-electron chi connectivity index (χ3n) is 7.54. The van der Waals surface area contributed by atoms with Crippen LogP contribution in [0.1, 0.15) is 39.6 Å². The predicted molar refractivity (Wildman–Crippen MR) is 143 cm³/mol. The van der Waals surface area contributed by atoms with E-state index in [-0.39, 0.29) is 47.7 Å². The molecule has 1 aromatic rings. The molecule has 198 valence electrons. The molecule has 2 unspecified atom stereocenters. The molecule has 3 heterocycles. The van der Waals surface area contributed by atoms with Crippen molar-refractivity contribution < 1.29 is 14.4 Å². The van der Waals surface area contributed by atoms with Crippen molar-refractivity contribution in [1.29, 1.82) is 0 Å². The van der Waals surface area contributed by atoms with E-state index in [0.717, 1.165) is 30.1 Å². The van der Waals surface area contributed by atoms with E-state index in [1.165, 1.54) is 11.3 Å². The number of thiazole rings is 1. The van der Waals surface area contributed by atoms with Gasteiger partial charge in [-0.3, -0.25) is 14.4 Å². The summed E-state index contributed by atoms with van der Waals surface area (Å²) < 4.78 is 0. The number of hydrogen-bond acceptors (Lipinski definition) is 7. The Morgan fingerprint density at radius 2 is 1.95 bits per heavy atom. The first kappa shape index (κ1) is 25.9. The minimum absolute atomic E-state index is 0.00202. The van der Waals surface area contributed by atoms with E-state index < -0.39 is 0 Å². The van der Waals surface area contributed by atoms with Crippen molar-refractivity contribution in [3.05, 3.63) is 50.6 Å². The number of carbonyl (C=O) groups is 3. The Morgan fingerprint density at radius 1 is 1.16 bits per heavy atom. The number of nitrogens with one attached hydrogen (secondary N) is 3. The Labute approximate surface area is 226 Å². The summed E-state index contributed by atoms with van der Waals surface area (Å²) in [5.41, 5.74) is 1.49. The quantitative estimate of drug-likeness (QED) is 0.521. The molecule has 5 rings (SSSR count). The molecule has 2 aliphatic heterocycles. The van der Waals surface area contributed by atoms with E-state index in [1.54, 1.807) is 19.0 Å². The Kier molecular flexibility index (Phi) is 7.42. The molecular formula is C26H33ClN6O3S. The summed E-state index contributed by atoms with van der Waals surface area (Å²) in [6.07, 6.45) is 10.1. The molecule has 1 saturated carbocycles. The van der Waals surface area contributed by atoms with Crippen molar-refractivity contribution in [2.75, 3.05) is 27.7 Å². The van der Waals surface area contributed by atoms with Crippen LogP contribution in [-0.4, -0.2) is 78.3 Å². The number of allylic oxidation sites excluding steroid dienone is 2. The molecule has 3 amide bonds. The molecule has 0 saturated heterocycles. The summed E-state index contributed by atoms with van der Waals surface area (Å²) in [4.78, 5) is 48.8. The second-order valence-corrected chi connectivity index (χ2v) is 12.0. The number of fused-ring (bicyclic) bond motifs is 2. The van der Waals surface area contributed by atoms with Crippen molar-refractivity contribution in [3.63, 3.8) is 0 Å². The molecule has 37 heavy (non-hydrogen) atoms. The lowest BCUT2D eigenvalue weighted by Crippen LogP contribution is -2.56. The van der Waals surface area contributed by atoms with Gasteiger partial charge >= 0.3 is 0 Å². The van der Waals surface area contributed by atoms with Gasteiger partial charge in [0.05, 0.1) is 23.5 Å².